The van der Waals surface area contributed by atoms with E-state index in [4.69, 9.17) is 0 Å². The van der Waals surface area contributed by atoms with Crippen LogP contribution in [0.3, 0.4) is 0 Å². The molecule has 1 aromatic rings. The molecule has 1 saturated carbocycles. The van der Waals surface area contributed by atoms with Gasteiger partial charge >= 0.3 is 6.18 Å². The molecule has 0 saturated heterocycles. The first-order chi connectivity index (χ1) is 8.55. The van der Waals surface area contributed by atoms with Crippen LogP contribution in [-0.2, 0) is 6.18 Å². The number of aromatic nitrogens is 1. The molecule has 1 fully saturated rings. The maximum absolute atomic E-state index is 12.3. The maximum atomic E-state index is 12.3. The molecule has 2 rings (SSSR count). The predicted molar refractivity (Wildman–Crippen MR) is 64.3 cm³/mol. The normalized spacial score (nSPS) is 17.7. The molecule has 0 bridgehead atoms. The van der Waals surface area contributed by atoms with Crippen molar-refractivity contribution in [3.63, 3.8) is 0 Å². The number of hydrogen-bond donors (Lipinski definition) is 1. The number of rotatable bonds is 3. The molecule has 1 aromatic heterocycles. The number of nitrogens with zero attached hydrogens (tertiary/aromatic N) is 1. The van der Waals surface area contributed by atoms with Crippen molar-refractivity contribution < 1.29 is 13.2 Å². The minimum absolute atomic E-state index is 0.522. The molecule has 0 aromatic carbocycles. The van der Waals surface area contributed by atoms with Crippen molar-refractivity contribution in [1.29, 1.82) is 0 Å². The molecule has 1 heterocycles. The molecule has 1 aliphatic rings. The zero-order chi connectivity index (χ0) is 13.0. The van der Waals surface area contributed by atoms with Crippen LogP contribution in [0.5, 0.6) is 0 Å². The fourth-order valence-corrected chi connectivity index (χ4v) is 2.31. The van der Waals surface area contributed by atoms with Gasteiger partial charge in [-0.25, -0.2) is 4.98 Å². The monoisotopic (exact) mass is 258 g/mol. The SMILES string of the molecule is FC(F)(F)c1ccc(NCC2CCCCC2)nc1. The van der Waals surface area contributed by atoms with Gasteiger partial charge in [0, 0.05) is 12.7 Å². The first-order valence-electron chi connectivity index (χ1n) is 6.33. The summed E-state index contributed by atoms with van der Waals surface area (Å²) in [7, 11) is 0. The summed E-state index contributed by atoms with van der Waals surface area (Å²) in [6.07, 6.45) is 2.79. The van der Waals surface area contributed by atoms with Gasteiger partial charge in [-0.2, -0.15) is 13.2 Å². The van der Waals surface area contributed by atoms with Crippen LogP contribution in [0, 0.1) is 5.92 Å². The van der Waals surface area contributed by atoms with E-state index in [-0.39, 0.29) is 0 Å². The Kier molecular flexibility index (Phi) is 4.09. The highest BCUT2D eigenvalue weighted by atomic mass is 19.4. The van der Waals surface area contributed by atoms with E-state index in [0.717, 1.165) is 18.8 Å². The Morgan fingerprint density at radius 1 is 1.17 bits per heavy atom. The quantitative estimate of drug-likeness (QED) is 0.883. The smallest absolute Gasteiger partial charge is 0.370 e. The predicted octanol–water partition coefficient (Wildman–Crippen LogP) is 4.09. The van der Waals surface area contributed by atoms with Gasteiger partial charge in [-0.1, -0.05) is 19.3 Å². The second kappa shape index (κ2) is 5.59. The summed E-state index contributed by atoms with van der Waals surface area (Å²) in [4.78, 5) is 3.80. The van der Waals surface area contributed by atoms with Crippen molar-refractivity contribution in [1.82, 2.24) is 4.98 Å². The lowest BCUT2D eigenvalue weighted by Crippen LogP contribution is -2.17. The molecule has 1 aliphatic carbocycles. The third-order valence-corrected chi connectivity index (χ3v) is 3.39. The third-order valence-electron chi connectivity index (χ3n) is 3.39. The molecule has 1 N–H and O–H groups in total. The van der Waals surface area contributed by atoms with Crippen LogP contribution in [0.25, 0.3) is 0 Å². The molecular formula is C13H17F3N2. The highest BCUT2D eigenvalue weighted by Crippen LogP contribution is 2.29. The van der Waals surface area contributed by atoms with Crippen LogP contribution in [0.2, 0.25) is 0 Å². The van der Waals surface area contributed by atoms with Gasteiger partial charge in [-0.3, -0.25) is 0 Å². The Balaban J connectivity index is 1.86. The summed E-state index contributed by atoms with van der Waals surface area (Å²) >= 11 is 0. The number of anilines is 1. The van der Waals surface area contributed by atoms with Gasteiger partial charge in [-0.15, -0.1) is 0 Å². The highest BCUT2D eigenvalue weighted by molar-refractivity contribution is 5.36. The Morgan fingerprint density at radius 2 is 1.89 bits per heavy atom. The van der Waals surface area contributed by atoms with Crippen molar-refractivity contribution in [3.8, 4) is 0 Å². The van der Waals surface area contributed by atoms with E-state index < -0.39 is 11.7 Å². The van der Waals surface area contributed by atoms with Crippen LogP contribution < -0.4 is 5.32 Å². The number of nitrogens with one attached hydrogen (secondary N) is 1. The van der Waals surface area contributed by atoms with Crippen LogP contribution in [0.1, 0.15) is 37.7 Å². The molecule has 0 radical (unpaired) electrons. The Labute approximate surface area is 105 Å². The van der Waals surface area contributed by atoms with E-state index in [2.05, 4.69) is 10.3 Å². The topological polar surface area (TPSA) is 24.9 Å². The zero-order valence-corrected chi connectivity index (χ0v) is 10.1. The average molecular weight is 258 g/mol. The number of alkyl halides is 3. The summed E-state index contributed by atoms with van der Waals surface area (Å²) < 4.78 is 37.0. The van der Waals surface area contributed by atoms with Crippen LogP contribution in [0.4, 0.5) is 19.0 Å². The summed E-state index contributed by atoms with van der Waals surface area (Å²) in [6.45, 7) is 0.804. The largest absolute Gasteiger partial charge is 0.417 e. The lowest BCUT2D eigenvalue weighted by Gasteiger charge is -2.22. The van der Waals surface area contributed by atoms with Gasteiger partial charge in [0.2, 0.25) is 0 Å². The second-order valence-electron chi connectivity index (χ2n) is 4.81. The lowest BCUT2D eigenvalue weighted by molar-refractivity contribution is -0.137. The molecule has 18 heavy (non-hydrogen) atoms. The molecule has 100 valence electrons. The molecule has 2 nitrogen and oxygen atoms in total. The molecule has 0 aliphatic heterocycles. The van der Waals surface area contributed by atoms with Crippen LogP contribution in [-0.4, -0.2) is 11.5 Å². The van der Waals surface area contributed by atoms with Gasteiger partial charge in [0.15, 0.2) is 0 Å². The minimum Gasteiger partial charge on any atom is -0.370 e. The average Bonchev–Trinajstić information content (AvgIpc) is 2.37. The summed E-state index contributed by atoms with van der Waals surface area (Å²) in [5, 5.41) is 3.11. The van der Waals surface area contributed by atoms with Crippen molar-refractivity contribution in [3.05, 3.63) is 23.9 Å². The molecule has 0 amide bonds. The first kappa shape index (κ1) is 13.2. The first-order valence-corrected chi connectivity index (χ1v) is 6.33. The molecular weight excluding hydrogens is 241 g/mol. The summed E-state index contributed by atoms with van der Waals surface area (Å²) in [6, 6.07) is 2.46. The summed E-state index contributed by atoms with van der Waals surface area (Å²) in [5.74, 6) is 1.15. The van der Waals surface area contributed by atoms with E-state index in [1.165, 1.54) is 38.2 Å². The minimum atomic E-state index is -4.31. The van der Waals surface area contributed by atoms with Gasteiger partial charge in [-0.05, 0) is 30.9 Å². The van der Waals surface area contributed by atoms with Crippen molar-refractivity contribution in [2.24, 2.45) is 5.92 Å². The fourth-order valence-electron chi connectivity index (χ4n) is 2.31. The molecule has 0 spiro atoms. The molecule has 0 atom stereocenters. The second-order valence-corrected chi connectivity index (χ2v) is 4.81. The highest BCUT2D eigenvalue weighted by Gasteiger charge is 2.30. The Bertz CT molecular complexity index is 367. The number of hydrogen-bond acceptors (Lipinski definition) is 2. The zero-order valence-electron chi connectivity index (χ0n) is 10.1. The number of pyridine rings is 1. The van der Waals surface area contributed by atoms with E-state index in [0.29, 0.717) is 11.7 Å². The van der Waals surface area contributed by atoms with Gasteiger partial charge < -0.3 is 5.32 Å². The standard InChI is InChI=1S/C13H17F3N2/c14-13(15,16)11-6-7-12(18-9-11)17-8-10-4-2-1-3-5-10/h6-7,9-10H,1-5,8H2,(H,17,18). The summed E-state index contributed by atoms with van der Waals surface area (Å²) in [5.41, 5.74) is -0.703. The number of halogens is 3. The Hall–Kier alpha value is -1.26. The van der Waals surface area contributed by atoms with E-state index in [9.17, 15) is 13.2 Å². The van der Waals surface area contributed by atoms with E-state index in [1.807, 2.05) is 0 Å². The van der Waals surface area contributed by atoms with Crippen molar-refractivity contribution in [2.75, 3.05) is 11.9 Å². The van der Waals surface area contributed by atoms with E-state index in [1.54, 1.807) is 0 Å². The molecule has 0 unspecified atom stereocenters. The third kappa shape index (κ3) is 3.62. The van der Waals surface area contributed by atoms with Crippen molar-refractivity contribution >= 4 is 5.82 Å². The lowest BCUT2D eigenvalue weighted by atomic mass is 9.89. The van der Waals surface area contributed by atoms with Crippen LogP contribution in [0.15, 0.2) is 18.3 Å². The van der Waals surface area contributed by atoms with Gasteiger partial charge in [0.25, 0.3) is 0 Å². The van der Waals surface area contributed by atoms with Gasteiger partial charge in [0.1, 0.15) is 5.82 Å². The Morgan fingerprint density at radius 3 is 2.44 bits per heavy atom. The fraction of sp³-hybridized carbons (Fsp3) is 0.615. The molecule has 5 heteroatoms. The van der Waals surface area contributed by atoms with Crippen LogP contribution >= 0.6 is 0 Å². The maximum Gasteiger partial charge on any atom is 0.417 e. The van der Waals surface area contributed by atoms with Gasteiger partial charge in [0.05, 0.1) is 5.56 Å². The van der Waals surface area contributed by atoms with E-state index >= 15 is 0 Å². The van der Waals surface area contributed by atoms with Crippen molar-refractivity contribution in [2.45, 2.75) is 38.3 Å².